The molecular formula is C13H20N2O4. The summed E-state index contributed by atoms with van der Waals surface area (Å²) in [5.41, 5.74) is 0.324. The van der Waals surface area contributed by atoms with Crippen molar-refractivity contribution in [3.63, 3.8) is 0 Å². The highest BCUT2D eigenvalue weighted by Crippen LogP contribution is 2.30. The number of aliphatic hydroxyl groups excluding tert-OH is 1. The van der Waals surface area contributed by atoms with E-state index >= 15 is 0 Å². The molecule has 0 fully saturated rings. The maximum absolute atomic E-state index is 10.9. The molecule has 0 aromatic heterocycles. The first-order chi connectivity index (χ1) is 8.95. The third kappa shape index (κ3) is 3.82. The van der Waals surface area contributed by atoms with E-state index in [2.05, 4.69) is 5.32 Å². The van der Waals surface area contributed by atoms with Gasteiger partial charge in [-0.3, -0.25) is 10.1 Å². The number of nitro groups is 1. The van der Waals surface area contributed by atoms with Gasteiger partial charge in [-0.15, -0.1) is 0 Å². The Labute approximate surface area is 112 Å². The van der Waals surface area contributed by atoms with E-state index in [-0.39, 0.29) is 23.5 Å². The molecule has 0 amide bonds. The topological polar surface area (TPSA) is 84.6 Å². The summed E-state index contributed by atoms with van der Waals surface area (Å²) in [5.74, 6) is 0.232. The molecule has 1 unspecified atom stereocenters. The van der Waals surface area contributed by atoms with Gasteiger partial charge in [-0.2, -0.15) is 0 Å². The Hall–Kier alpha value is -1.82. The molecule has 1 atom stereocenters. The van der Waals surface area contributed by atoms with Gasteiger partial charge in [-0.25, -0.2) is 0 Å². The fourth-order valence-corrected chi connectivity index (χ4v) is 1.55. The zero-order valence-electron chi connectivity index (χ0n) is 11.5. The summed E-state index contributed by atoms with van der Waals surface area (Å²) in [6.07, 6.45) is 0.814. The lowest BCUT2D eigenvalue weighted by Gasteiger charge is -2.26. The Bertz CT molecular complexity index is 444. The molecule has 6 nitrogen and oxygen atoms in total. The van der Waals surface area contributed by atoms with E-state index in [1.807, 2.05) is 13.8 Å². The quantitative estimate of drug-likeness (QED) is 0.586. The van der Waals surface area contributed by atoms with E-state index < -0.39 is 4.92 Å². The monoisotopic (exact) mass is 268 g/mol. The summed E-state index contributed by atoms with van der Waals surface area (Å²) in [4.78, 5) is 10.4. The Kier molecular flexibility index (Phi) is 5.11. The highest BCUT2D eigenvalue weighted by Gasteiger charge is 2.21. The number of aliphatic hydroxyl groups is 1. The number of hydrogen-bond donors (Lipinski definition) is 2. The first-order valence-corrected chi connectivity index (χ1v) is 6.13. The van der Waals surface area contributed by atoms with Crippen LogP contribution < -0.4 is 10.1 Å². The van der Waals surface area contributed by atoms with E-state index in [0.29, 0.717) is 12.2 Å². The minimum Gasteiger partial charge on any atom is -0.490 e. The largest absolute Gasteiger partial charge is 0.490 e. The number of nitro benzene ring substituents is 1. The van der Waals surface area contributed by atoms with Crippen LogP contribution in [0.3, 0.4) is 0 Å². The molecule has 0 heterocycles. The Balaban J connectivity index is 2.86. The zero-order valence-corrected chi connectivity index (χ0v) is 11.5. The van der Waals surface area contributed by atoms with E-state index in [0.717, 1.165) is 6.42 Å². The minimum absolute atomic E-state index is 0.0642. The Morgan fingerprint density at radius 1 is 1.53 bits per heavy atom. The van der Waals surface area contributed by atoms with Crippen LogP contribution in [0, 0.1) is 15.5 Å². The van der Waals surface area contributed by atoms with Crippen molar-refractivity contribution in [1.29, 1.82) is 0 Å². The molecule has 0 aliphatic rings. The van der Waals surface area contributed by atoms with E-state index in [9.17, 15) is 15.2 Å². The van der Waals surface area contributed by atoms with Gasteiger partial charge in [-0.1, -0.05) is 13.8 Å². The SMILES string of the molecule is CCC(C)(CO)CNc1ccc(OC)c([N+](=O)[O-])c1. The van der Waals surface area contributed by atoms with Crippen molar-refractivity contribution in [2.75, 3.05) is 25.6 Å². The molecule has 0 radical (unpaired) electrons. The molecule has 19 heavy (non-hydrogen) atoms. The molecule has 0 bridgehead atoms. The maximum Gasteiger partial charge on any atom is 0.312 e. The number of nitrogens with one attached hydrogen (secondary N) is 1. The molecule has 1 aromatic carbocycles. The molecule has 2 N–H and O–H groups in total. The van der Waals surface area contributed by atoms with Gasteiger partial charge in [0.1, 0.15) is 0 Å². The molecule has 0 aliphatic carbocycles. The van der Waals surface area contributed by atoms with E-state index in [1.54, 1.807) is 12.1 Å². The van der Waals surface area contributed by atoms with Gasteiger partial charge in [0.2, 0.25) is 0 Å². The Morgan fingerprint density at radius 2 is 2.21 bits per heavy atom. The number of rotatable bonds is 7. The van der Waals surface area contributed by atoms with Gasteiger partial charge in [0, 0.05) is 23.7 Å². The van der Waals surface area contributed by atoms with Crippen LogP contribution in [0.25, 0.3) is 0 Å². The van der Waals surface area contributed by atoms with Crippen molar-refractivity contribution in [2.24, 2.45) is 5.41 Å². The van der Waals surface area contributed by atoms with Crippen molar-refractivity contribution in [2.45, 2.75) is 20.3 Å². The highest BCUT2D eigenvalue weighted by atomic mass is 16.6. The number of hydrogen-bond acceptors (Lipinski definition) is 5. The second-order valence-corrected chi connectivity index (χ2v) is 4.82. The summed E-state index contributed by atoms with van der Waals surface area (Å²) < 4.78 is 4.94. The predicted octanol–water partition coefficient (Wildman–Crippen LogP) is 2.42. The normalized spacial score (nSPS) is 13.7. The zero-order chi connectivity index (χ0) is 14.5. The van der Waals surface area contributed by atoms with Crippen LogP contribution >= 0.6 is 0 Å². The van der Waals surface area contributed by atoms with E-state index in [4.69, 9.17) is 4.74 Å². The lowest BCUT2D eigenvalue weighted by molar-refractivity contribution is -0.385. The number of ether oxygens (including phenoxy) is 1. The molecule has 1 aromatic rings. The highest BCUT2D eigenvalue weighted by molar-refractivity contribution is 5.58. The number of anilines is 1. The van der Waals surface area contributed by atoms with Gasteiger partial charge in [0.05, 0.1) is 18.6 Å². The van der Waals surface area contributed by atoms with Crippen LogP contribution in [-0.4, -0.2) is 30.3 Å². The van der Waals surface area contributed by atoms with Crippen LogP contribution in [-0.2, 0) is 0 Å². The molecule has 106 valence electrons. The molecule has 0 spiro atoms. The van der Waals surface area contributed by atoms with E-state index in [1.165, 1.54) is 13.2 Å². The second-order valence-electron chi connectivity index (χ2n) is 4.82. The molecule has 1 rings (SSSR count). The predicted molar refractivity (Wildman–Crippen MR) is 73.6 cm³/mol. The maximum atomic E-state index is 10.9. The summed E-state index contributed by atoms with van der Waals surface area (Å²) in [6, 6.07) is 4.72. The summed E-state index contributed by atoms with van der Waals surface area (Å²) in [5, 5.41) is 23.3. The van der Waals surface area contributed by atoms with Gasteiger partial charge in [0.25, 0.3) is 0 Å². The van der Waals surface area contributed by atoms with Gasteiger partial charge in [-0.05, 0) is 18.6 Å². The molecule has 0 saturated heterocycles. The van der Waals surface area contributed by atoms with Crippen LogP contribution in [0.5, 0.6) is 5.75 Å². The summed E-state index contributed by atoms with van der Waals surface area (Å²) >= 11 is 0. The third-order valence-electron chi connectivity index (χ3n) is 3.33. The van der Waals surface area contributed by atoms with Crippen molar-refractivity contribution in [3.05, 3.63) is 28.3 Å². The van der Waals surface area contributed by atoms with Crippen LogP contribution in [0.15, 0.2) is 18.2 Å². The Morgan fingerprint density at radius 3 is 2.68 bits per heavy atom. The molecule has 0 saturated carbocycles. The average molecular weight is 268 g/mol. The third-order valence-corrected chi connectivity index (χ3v) is 3.33. The fraction of sp³-hybridized carbons (Fsp3) is 0.538. The molecule has 6 heteroatoms. The fourth-order valence-electron chi connectivity index (χ4n) is 1.55. The van der Waals surface area contributed by atoms with Gasteiger partial charge in [0.15, 0.2) is 5.75 Å². The number of benzene rings is 1. The van der Waals surface area contributed by atoms with Crippen LogP contribution in [0.1, 0.15) is 20.3 Å². The molecule has 0 aliphatic heterocycles. The first kappa shape index (κ1) is 15.2. The van der Waals surface area contributed by atoms with Gasteiger partial charge >= 0.3 is 5.69 Å². The van der Waals surface area contributed by atoms with Crippen molar-refractivity contribution < 1.29 is 14.8 Å². The standard InChI is InChI=1S/C13H20N2O4/c1-4-13(2,9-16)8-14-10-5-6-12(19-3)11(7-10)15(17)18/h5-7,14,16H,4,8-9H2,1-3H3. The lowest BCUT2D eigenvalue weighted by Crippen LogP contribution is -2.29. The van der Waals surface area contributed by atoms with Gasteiger partial charge < -0.3 is 15.2 Å². The molecular weight excluding hydrogens is 248 g/mol. The number of nitrogens with zero attached hydrogens (tertiary/aromatic N) is 1. The number of methoxy groups -OCH3 is 1. The smallest absolute Gasteiger partial charge is 0.312 e. The van der Waals surface area contributed by atoms with Crippen molar-refractivity contribution >= 4 is 11.4 Å². The lowest BCUT2D eigenvalue weighted by atomic mass is 9.88. The van der Waals surface area contributed by atoms with Crippen LogP contribution in [0.4, 0.5) is 11.4 Å². The minimum atomic E-state index is -0.477. The first-order valence-electron chi connectivity index (χ1n) is 6.13. The second kappa shape index (κ2) is 6.38. The summed E-state index contributed by atoms with van der Waals surface area (Å²) in [6.45, 7) is 4.56. The van der Waals surface area contributed by atoms with Crippen molar-refractivity contribution in [1.82, 2.24) is 0 Å². The summed E-state index contributed by atoms with van der Waals surface area (Å²) in [7, 11) is 1.40. The van der Waals surface area contributed by atoms with Crippen molar-refractivity contribution in [3.8, 4) is 5.75 Å². The average Bonchev–Trinajstić information content (AvgIpc) is 2.44. The van der Waals surface area contributed by atoms with Crippen LogP contribution in [0.2, 0.25) is 0 Å².